The van der Waals surface area contributed by atoms with Crippen LogP contribution in [0, 0.1) is 5.92 Å². The summed E-state index contributed by atoms with van der Waals surface area (Å²) in [4.78, 5) is 14.6. The highest BCUT2D eigenvalue weighted by Crippen LogP contribution is 2.08. The van der Waals surface area contributed by atoms with E-state index in [1.54, 1.807) is 23.8 Å². The molecular weight excluding hydrogens is 236 g/mol. The van der Waals surface area contributed by atoms with Crippen molar-refractivity contribution in [1.29, 1.82) is 0 Å². The Morgan fingerprint density at radius 3 is 3.17 bits per heavy atom. The molecule has 0 radical (unpaired) electrons. The van der Waals surface area contributed by atoms with E-state index in [2.05, 4.69) is 25.8 Å². The summed E-state index contributed by atoms with van der Waals surface area (Å²) in [5, 5.41) is 23.0. The van der Waals surface area contributed by atoms with Crippen LogP contribution in [0.5, 0.6) is 0 Å². The number of carbonyl (C=O) groups is 1. The van der Waals surface area contributed by atoms with Crippen LogP contribution in [-0.2, 0) is 4.79 Å². The molecule has 0 saturated heterocycles. The maximum atomic E-state index is 10.6. The summed E-state index contributed by atoms with van der Waals surface area (Å²) in [6.45, 7) is 2.35. The summed E-state index contributed by atoms with van der Waals surface area (Å²) >= 11 is 0. The number of nitrogens with zero attached hydrogens (tertiary/aromatic N) is 5. The Labute approximate surface area is 103 Å². The molecule has 8 heteroatoms. The van der Waals surface area contributed by atoms with E-state index in [-0.39, 0.29) is 5.92 Å². The molecule has 0 aliphatic heterocycles. The molecule has 2 rings (SSSR count). The molecule has 0 spiro atoms. The molecule has 2 N–H and O–H groups in total. The fourth-order valence-corrected chi connectivity index (χ4v) is 1.54. The van der Waals surface area contributed by atoms with Crippen LogP contribution >= 0.6 is 0 Å². The lowest BCUT2D eigenvalue weighted by molar-refractivity contribution is -0.141. The molecule has 0 aliphatic rings. The van der Waals surface area contributed by atoms with Crippen LogP contribution in [-0.4, -0.2) is 42.6 Å². The van der Waals surface area contributed by atoms with E-state index in [0.29, 0.717) is 24.4 Å². The van der Waals surface area contributed by atoms with Crippen LogP contribution in [0.25, 0.3) is 5.65 Å². The molecule has 0 saturated carbocycles. The average Bonchev–Trinajstić information content (AvgIpc) is 2.83. The highest BCUT2D eigenvalue weighted by molar-refractivity contribution is 5.69. The second kappa shape index (κ2) is 5.39. The fourth-order valence-electron chi connectivity index (χ4n) is 1.54. The van der Waals surface area contributed by atoms with Crippen LogP contribution in [0.1, 0.15) is 19.8 Å². The lowest BCUT2D eigenvalue weighted by atomic mass is 10.1. The van der Waals surface area contributed by atoms with Crippen molar-refractivity contribution in [2.24, 2.45) is 5.92 Å². The van der Waals surface area contributed by atoms with Gasteiger partial charge in [-0.05, 0) is 23.3 Å². The number of aromatic nitrogens is 5. The van der Waals surface area contributed by atoms with Gasteiger partial charge in [-0.15, -0.1) is 5.10 Å². The third-order valence-corrected chi connectivity index (χ3v) is 2.65. The molecule has 0 fully saturated rings. The molecular formula is C10H14N6O2. The second-order valence-corrected chi connectivity index (χ2v) is 4.05. The van der Waals surface area contributed by atoms with Crippen molar-refractivity contribution < 1.29 is 9.90 Å². The standard InChI is InChI=1S/C10H14N6O2/c1-7(10(17)18)3-2-4-12-8-5-11-6-9-13-14-15-16(8)9/h5-7,12H,2-4H2,1H3,(H,17,18). The number of nitrogens with one attached hydrogen (secondary N) is 1. The molecule has 18 heavy (non-hydrogen) atoms. The Bertz CT molecular complexity index is 540. The van der Waals surface area contributed by atoms with E-state index in [1.807, 2.05) is 0 Å². The van der Waals surface area contributed by atoms with Crippen molar-refractivity contribution in [3.63, 3.8) is 0 Å². The van der Waals surface area contributed by atoms with Crippen LogP contribution in [0.3, 0.4) is 0 Å². The molecule has 96 valence electrons. The highest BCUT2D eigenvalue weighted by atomic mass is 16.4. The van der Waals surface area contributed by atoms with Gasteiger partial charge in [0.25, 0.3) is 0 Å². The molecule has 2 aromatic rings. The van der Waals surface area contributed by atoms with Crippen molar-refractivity contribution in [3.8, 4) is 0 Å². The summed E-state index contributed by atoms with van der Waals surface area (Å²) in [6, 6.07) is 0. The number of fused-ring (bicyclic) bond motifs is 1. The van der Waals surface area contributed by atoms with Crippen molar-refractivity contribution in [3.05, 3.63) is 12.4 Å². The molecule has 0 aromatic carbocycles. The van der Waals surface area contributed by atoms with Gasteiger partial charge in [0, 0.05) is 6.54 Å². The second-order valence-electron chi connectivity index (χ2n) is 4.05. The number of aliphatic carboxylic acids is 1. The lowest BCUT2D eigenvalue weighted by Crippen LogP contribution is -2.12. The van der Waals surface area contributed by atoms with Gasteiger partial charge in [0.1, 0.15) is 5.82 Å². The molecule has 1 unspecified atom stereocenters. The Hall–Kier alpha value is -2.25. The van der Waals surface area contributed by atoms with E-state index in [9.17, 15) is 4.79 Å². The Morgan fingerprint density at radius 1 is 1.56 bits per heavy atom. The third kappa shape index (κ3) is 2.70. The van der Waals surface area contributed by atoms with Gasteiger partial charge in [-0.1, -0.05) is 6.92 Å². The van der Waals surface area contributed by atoms with Gasteiger partial charge < -0.3 is 10.4 Å². The lowest BCUT2D eigenvalue weighted by Gasteiger charge is -2.08. The summed E-state index contributed by atoms with van der Waals surface area (Å²) in [5.74, 6) is -0.395. The number of rotatable bonds is 6. The van der Waals surface area contributed by atoms with Crippen LogP contribution in [0.15, 0.2) is 12.4 Å². The van der Waals surface area contributed by atoms with Crippen molar-refractivity contribution in [1.82, 2.24) is 25.0 Å². The maximum absolute atomic E-state index is 10.6. The fraction of sp³-hybridized carbons (Fsp3) is 0.500. The van der Waals surface area contributed by atoms with Gasteiger partial charge in [-0.3, -0.25) is 9.78 Å². The smallest absolute Gasteiger partial charge is 0.306 e. The summed E-state index contributed by atoms with van der Waals surface area (Å²) in [5.41, 5.74) is 0.568. The molecule has 0 aliphatic carbocycles. The normalized spacial score (nSPS) is 12.5. The largest absolute Gasteiger partial charge is 0.481 e. The SMILES string of the molecule is CC(CCCNc1cncc2nnnn12)C(=O)O. The van der Waals surface area contributed by atoms with Gasteiger partial charge >= 0.3 is 5.97 Å². The van der Waals surface area contributed by atoms with Gasteiger partial charge in [-0.2, -0.15) is 4.52 Å². The van der Waals surface area contributed by atoms with Gasteiger partial charge in [0.05, 0.1) is 18.3 Å². The predicted molar refractivity (Wildman–Crippen MR) is 63.1 cm³/mol. The van der Waals surface area contributed by atoms with Crippen molar-refractivity contribution in [2.75, 3.05) is 11.9 Å². The van der Waals surface area contributed by atoms with Gasteiger partial charge in [-0.25, -0.2) is 0 Å². The van der Waals surface area contributed by atoms with E-state index < -0.39 is 5.97 Å². The molecule has 2 aromatic heterocycles. The monoisotopic (exact) mass is 250 g/mol. The molecule has 0 bridgehead atoms. The third-order valence-electron chi connectivity index (χ3n) is 2.65. The Kier molecular flexibility index (Phi) is 3.66. The van der Waals surface area contributed by atoms with Gasteiger partial charge in [0.2, 0.25) is 0 Å². The Morgan fingerprint density at radius 2 is 2.39 bits per heavy atom. The van der Waals surface area contributed by atoms with Crippen molar-refractivity contribution >= 4 is 17.4 Å². The molecule has 2 heterocycles. The number of hydrogen-bond donors (Lipinski definition) is 2. The van der Waals surface area contributed by atoms with Crippen LogP contribution < -0.4 is 5.32 Å². The number of anilines is 1. The van der Waals surface area contributed by atoms with E-state index in [0.717, 1.165) is 6.42 Å². The van der Waals surface area contributed by atoms with Crippen LogP contribution in [0.2, 0.25) is 0 Å². The summed E-state index contributed by atoms with van der Waals surface area (Å²) in [7, 11) is 0. The zero-order chi connectivity index (χ0) is 13.0. The predicted octanol–water partition coefficient (Wildman–Crippen LogP) is 0.432. The number of carboxylic acid groups (broad SMARTS) is 1. The summed E-state index contributed by atoms with van der Waals surface area (Å²) < 4.78 is 1.55. The van der Waals surface area contributed by atoms with Gasteiger partial charge in [0.15, 0.2) is 5.65 Å². The minimum Gasteiger partial charge on any atom is -0.481 e. The Balaban J connectivity index is 1.87. The number of carboxylic acids is 1. The first kappa shape index (κ1) is 12.2. The number of hydrogen-bond acceptors (Lipinski definition) is 6. The minimum atomic E-state index is -0.765. The molecule has 8 nitrogen and oxygen atoms in total. The number of tetrazole rings is 1. The highest BCUT2D eigenvalue weighted by Gasteiger charge is 2.10. The quantitative estimate of drug-likeness (QED) is 0.716. The van der Waals surface area contributed by atoms with E-state index >= 15 is 0 Å². The summed E-state index contributed by atoms with van der Waals surface area (Å²) in [6.07, 6.45) is 4.58. The first-order valence-electron chi connectivity index (χ1n) is 5.67. The van der Waals surface area contributed by atoms with Crippen molar-refractivity contribution in [2.45, 2.75) is 19.8 Å². The maximum Gasteiger partial charge on any atom is 0.306 e. The van der Waals surface area contributed by atoms with E-state index in [4.69, 9.17) is 5.11 Å². The first-order chi connectivity index (χ1) is 8.68. The van der Waals surface area contributed by atoms with Crippen LogP contribution in [0.4, 0.5) is 5.82 Å². The zero-order valence-corrected chi connectivity index (χ0v) is 9.94. The van der Waals surface area contributed by atoms with E-state index in [1.165, 1.54) is 0 Å². The first-order valence-corrected chi connectivity index (χ1v) is 5.67. The topological polar surface area (TPSA) is 105 Å². The molecule has 0 amide bonds. The average molecular weight is 250 g/mol. The zero-order valence-electron chi connectivity index (χ0n) is 9.94. The molecule has 1 atom stereocenters. The minimum absolute atomic E-state index is 0.325.